The molecule has 1 N–H and O–H groups in total. The van der Waals surface area contributed by atoms with Crippen LogP contribution in [0, 0.1) is 0 Å². The zero-order chi connectivity index (χ0) is 14.1. The highest BCUT2D eigenvalue weighted by molar-refractivity contribution is 6.09. The van der Waals surface area contributed by atoms with Crippen molar-refractivity contribution in [1.29, 1.82) is 0 Å². The topological polar surface area (TPSA) is 28.3 Å². The Hall–Kier alpha value is -2.00. The molecule has 21 heavy (non-hydrogen) atoms. The van der Waals surface area contributed by atoms with E-state index in [-0.39, 0.29) is 0 Å². The minimum absolute atomic E-state index is 0.758. The predicted octanol–water partition coefficient (Wildman–Crippen LogP) is 3.80. The summed E-state index contributed by atoms with van der Waals surface area (Å²) in [5, 5.41) is 2.50. The molecule has 1 aliphatic rings. The van der Waals surface area contributed by atoms with E-state index < -0.39 is 0 Å². The summed E-state index contributed by atoms with van der Waals surface area (Å²) in [6, 6.07) is 14.7. The lowest BCUT2D eigenvalue weighted by atomic mass is 10.1. The van der Waals surface area contributed by atoms with Crippen LogP contribution in [0.2, 0.25) is 0 Å². The third-order valence-corrected chi connectivity index (χ3v) is 4.37. The molecule has 1 aromatic heterocycles. The summed E-state index contributed by atoms with van der Waals surface area (Å²) >= 11 is 0. The second-order valence-corrected chi connectivity index (χ2v) is 5.75. The molecule has 1 fully saturated rings. The maximum absolute atomic E-state index is 6.04. The average molecular weight is 280 g/mol. The van der Waals surface area contributed by atoms with Crippen LogP contribution in [0.25, 0.3) is 21.8 Å². The van der Waals surface area contributed by atoms with Gasteiger partial charge < -0.3 is 9.72 Å². The number of para-hydroxylation sites is 2. The fraction of sp³-hybridized carbons (Fsp3) is 0.333. The Kier molecular flexibility index (Phi) is 3.28. The summed E-state index contributed by atoms with van der Waals surface area (Å²) in [6.45, 7) is 4.23. The lowest BCUT2D eigenvalue weighted by Gasteiger charge is -2.15. The molecule has 3 aromatic rings. The zero-order valence-corrected chi connectivity index (χ0v) is 12.1. The number of aromatic amines is 1. The van der Waals surface area contributed by atoms with E-state index in [2.05, 4.69) is 52.3 Å². The Bertz CT molecular complexity index is 756. The van der Waals surface area contributed by atoms with E-state index in [4.69, 9.17) is 4.74 Å². The second kappa shape index (κ2) is 5.41. The van der Waals surface area contributed by atoms with Crippen LogP contribution in [0.15, 0.2) is 42.5 Å². The molecule has 1 aliphatic heterocycles. The molecule has 3 heteroatoms. The third-order valence-electron chi connectivity index (χ3n) is 4.37. The normalized spacial score (nSPS) is 16.0. The van der Waals surface area contributed by atoms with Gasteiger partial charge in [-0.05, 0) is 38.1 Å². The maximum Gasteiger partial charge on any atom is 0.143 e. The van der Waals surface area contributed by atoms with Crippen molar-refractivity contribution in [2.45, 2.75) is 12.8 Å². The van der Waals surface area contributed by atoms with Gasteiger partial charge in [-0.15, -0.1) is 0 Å². The maximum atomic E-state index is 6.04. The van der Waals surface area contributed by atoms with Crippen LogP contribution >= 0.6 is 0 Å². The van der Waals surface area contributed by atoms with E-state index >= 15 is 0 Å². The number of nitrogens with one attached hydrogen (secondary N) is 1. The fourth-order valence-corrected chi connectivity index (χ4v) is 3.26. The Balaban J connectivity index is 1.59. The van der Waals surface area contributed by atoms with Crippen molar-refractivity contribution in [3.63, 3.8) is 0 Å². The van der Waals surface area contributed by atoms with Crippen LogP contribution in [0.1, 0.15) is 12.8 Å². The van der Waals surface area contributed by atoms with E-state index in [0.29, 0.717) is 0 Å². The summed E-state index contributed by atoms with van der Waals surface area (Å²) in [7, 11) is 0. The molecule has 0 spiro atoms. The first-order chi connectivity index (χ1) is 10.4. The lowest BCUT2D eigenvalue weighted by Crippen LogP contribution is -2.25. The third kappa shape index (κ3) is 2.38. The van der Waals surface area contributed by atoms with Crippen molar-refractivity contribution in [3.8, 4) is 5.75 Å². The summed E-state index contributed by atoms with van der Waals surface area (Å²) in [5.74, 6) is 0.961. The summed E-state index contributed by atoms with van der Waals surface area (Å²) in [6.07, 6.45) is 2.66. The molecule has 0 aliphatic carbocycles. The molecule has 0 saturated carbocycles. The quantitative estimate of drug-likeness (QED) is 0.787. The van der Waals surface area contributed by atoms with Gasteiger partial charge in [0, 0.05) is 22.8 Å². The Morgan fingerprint density at radius 2 is 1.76 bits per heavy atom. The first-order valence-electron chi connectivity index (χ1n) is 7.76. The Morgan fingerprint density at radius 3 is 2.67 bits per heavy atom. The molecule has 1 saturated heterocycles. The van der Waals surface area contributed by atoms with Gasteiger partial charge in [-0.3, -0.25) is 4.90 Å². The van der Waals surface area contributed by atoms with Crippen molar-refractivity contribution in [2.24, 2.45) is 0 Å². The van der Waals surface area contributed by atoms with Crippen molar-refractivity contribution >= 4 is 21.8 Å². The van der Waals surface area contributed by atoms with Crippen molar-refractivity contribution < 1.29 is 4.74 Å². The van der Waals surface area contributed by atoms with Gasteiger partial charge in [0.05, 0.1) is 5.52 Å². The smallest absolute Gasteiger partial charge is 0.143 e. The van der Waals surface area contributed by atoms with Crippen LogP contribution < -0.4 is 4.74 Å². The van der Waals surface area contributed by atoms with E-state index in [1.165, 1.54) is 42.2 Å². The fourth-order valence-electron chi connectivity index (χ4n) is 3.26. The van der Waals surface area contributed by atoms with Gasteiger partial charge in [0.15, 0.2) is 0 Å². The molecule has 0 amide bonds. The monoisotopic (exact) mass is 280 g/mol. The summed E-state index contributed by atoms with van der Waals surface area (Å²) in [4.78, 5) is 5.96. The zero-order valence-electron chi connectivity index (χ0n) is 12.1. The van der Waals surface area contributed by atoms with Gasteiger partial charge in [0.2, 0.25) is 0 Å². The Labute approximate surface area is 124 Å². The summed E-state index contributed by atoms with van der Waals surface area (Å²) in [5.41, 5.74) is 2.28. The standard InChI is InChI=1S/C18H20N2O/c1-2-8-16-14(6-1)15-7-5-9-17(18(15)19-16)21-13-12-20-10-3-4-11-20/h1-2,5-9,19H,3-4,10-13H2. The highest BCUT2D eigenvalue weighted by Crippen LogP contribution is 2.31. The molecule has 2 aromatic carbocycles. The van der Waals surface area contributed by atoms with Crippen molar-refractivity contribution in [3.05, 3.63) is 42.5 Å². The van der Waals surface area contributed by atoms with Crippen molar-refractivity contribution in [2.75, 3.05) is 26.2 Å². The van der Waals surface area contributed by atoms with Gasteiger partial charge >= 0.3 is 0 Å². The predicted molar refractivity (Wildman–Crippen MR) is 87.0 cm³/mol. The van der Waals surface area contributed by atoms with Gasteiger partial charge in [0.1, 0.15) is 12.4 Å². The molecular weight excluding hydrogens is 260 g/mol. The Morgan fingerprint density at radius 1 is 0.952 bits per heavy atom. The van der Waals surface area contributed by atoms with Gasteiger partial charge in [-0.25, -0.2) is 0 Å². The van der Waals surface area contributed by atoms with Crippen LogP contribution in [-0.2, 0) is 0 Å². The van der Waals surface area contributed by atoms with Gasteiger partial charge in [0.25, 0.3) is 0 Å². The van der Waals surface area contributed by atoms with E-state index in [0.717, 1.165) is 24.4 Å². The first kappa shape index (κ1) is 12.7. The van der Waals surface area contributed by atoms with Crippen LogP contribution in [0.4, 0.5) is 0 Å². The molecule has 0 unspecified atom stereocenters. The SMILES string of the molecule is c1ccc2c(c1)[nH]c1c(OCCN3CCCC3)cccc12. The van der Waals surface area contributed by atoms with E-state index in [9.17, 15) is 0 Å². The first-order valence-corrected chi connectivity index (χ1v) is 7.76. The lowest BCUT2D eigenvalue weighted by molar-refractivity contribution is 0.239. The number of likely N-dealkylation sites (tertiary alicyclic amines) is 1. The van der Waals surface area contributed by atoms with Crippen LogP contribution in [0.3, 0.4) is 0 Å². The second-order valence-electron chi connectivity index (χ2n) is 5.75. The van der Waals surface area contributed by atoms with E-state index in [1.807, 2.05) is 0 Å². The summed E-state index contributed by atoms with van der Waals surface area (Å²) < 4.78 is 6.04. The molecule has 108 valence electrons. The van der Waals surface area contributed by atoms with Crippen LogP contribution in [-0.4, -0.2) is 36.1 Å². The van der Waals surface area contributed by atoms with Gasteiger partial charge in [-0.1, -0.05) is 30.3 Å². The highest BCUT2D eigenvalue weighted by atomic mass is 16.5. The largest absolute Gasteiger partial charge is 0.490 e. The number of nitrogens with zero attached hydrogens (tertiary/aromatic N) is 1. The molecular formula is C18H20N2O. The number of ether oxygens (including phenoxy) is 1. The average Bonchev–Trinajstić information content (AvgIpc) is 3.15. The minimum Gasteiger partial charge on any atom is -0.490 e. The molecule has 0 atom stereocenters. The van der Waals surface area contributed by atoms with Crippen molar-refractivity contribution in [1.82, 2.24) is 9.88 Å². The molecule has 0 radical (unpaired) electrons. The molecule has 0 bridgehead atoms. The van der Waals surface area contributed by atoms with Gasteiger partial charge in [-0.2, -0.15) is 0 Å². The highest BCUT2D eigenvalue weighted by Gasteiger charge is 2.12. The number of hydrogen-bond donors (Lipinski definition) is 1. The molecule has 3 nitrogen and oxygen atoms in total. The van der Waals surface area contributed by atoms with Crippen LogP contribution in [0.5, 0.6) is 5.75 Å². The number of H-pyrrole nitrogens is 1. The number of rotatable bonds is 4. The minimum atomic E-state index is 0.758. The number of fused-ring (bicyclic) bond motifs is 3. The molecule has 2 heterocycles. The van der Waals surface area contributed by atoms with E-state index in [1.54, 1.807) is 0 Å². The number of aromatic nitrogens is 1. The number of hydrogen-bond acceptors (Lipinski definition) is 2. The number of benzene rings is 2. The molecule has 4 rings (SSSR count).